The summed E-state index contributed by atoms with van der Waals surface area (Å²) >= 11 is 0. The summed E-state index contributed by atoms with van der Waals surface area (Å²) in [6.07, 6.45) is -10.6. The predicted molar refractivity (Wildman–Crippen MR) is 15.9 cm³/mol. The molecular weight excluding hydrogens is 189 g/mol. The van der Waals surface area contributed by atoms with Crippen molar-refractivity contribution >= 4 is 0 Å². The van der Waals surface area contributed by atoms with E-state index in [1.807, 2.05) is 0 Å². The summed E-state index contributed by atoms with van der Waals surface area (Å²) in [6, 6.07) is 0. The van der Waals surface area contributed by atoms with Crippen molar-refractivity contribution < 1.29 is 61.0 Å². The number of alkyl halides is 6. The van der Waals surface area contributed by atoms with Crippen molar-refractivity contribution in [1.82, 2.24) is 0 Å². The zero-order chi connectivity index (χ0) is 8.58. The van der Waals surface area contributed by atoms with E-state index in [9.17, 15) is 31.4 Å². The number of halogens is 6. The molecule has 1 unspecified atom stereocenters. The molecule has 0 saturated heterocycles. The summed E-state index contributed by atoms with van der Waals surface area (Å²) in [7, 11) is 0. The predicted octanol–water partition coefficient (Wildman–Crippen LogP) is -2.16. The third kappa shape index (κ3) is 3.18. The largest absolute Gasteiger partial charge is 1.00 e. The standard InChI is InChI=1S/C3HF6O.Na/c4-1(5)2(6,10)3(7,8)9;/h1H;/q-1;+1. The van der Waals surface area contributed by atoms with Crippen molar-refractivity contribution in [2.75, 3.05) is 0 Å². The summed E-state index contributed by atoms with van der Waals surface area (Å²) < 4.78 is 65.8. The van der Waals surface area contributed by atoms with Crippen LogP contribution in [0.2, 0.25) is 0 Å². The van der Waals surface area contributed by atoms with E-state index in [0.717, 1.165) is 0 Å². The Labute approximate surface area is 79.7 Å². The van der Waals surface area contributed by atoms with Crippen LogP contribution in [0.1, 0.15) is 0 Å². The van der Waals surface area contributed by atoms with E-state index in [0.29, 0.717) is 0 Å². The third-order valence-corrected chi connectivity index (χ3v) is 0.667. The van der Waals surface area contributed by atoms with Gasteiger partial charge in [0.15, 0.2) is 5.85 Å². The van der Waals surface area contributed by atoms with Gasteiger partial charge in [-0.25, -0.2) is 13.2 Å². The SMILES string of the molecule is [Na+].[O-]C(F)(C(F)F)C(F)(F)F. The van der Waals surface area contributed by atoms with Crippen molar-refractivity contribution in [3.8, 4) is 0 Å². The van der Waals surface area contributed by atoms with Crippen molar-refractivity contribution in [2.24, 2.45) is 0 Å². The van der Waals surface area contributed by atoms with Crippen molar-refractivity contribution in [2.45, 2.75) is 18.5 Å². The van der Waals surface area contributed by atoms with Crippen LogP contribution >= 0.6 is 0 Å². The van der Waals surface area contributed by atoms with E-state index in [2.05, 4.69) is 0 Å². The molecule has 0 radical (unpaired) electrons. The average molecular weight is 190 g/mol. The molecule has 0 aromatic carbocycles. The summed E-state index contributed by atoms with van der Waals surface area (Å²) in [4.78, 5) is 0. The van der Waals surface area contributed by atoms with Crippen LogP contribution in [-0.4, -0.2) is 18.5 Å². The van der Waals surface area contributed by atoms with Gasteiger partial charge in [-0.15, -0.1) is 0 Å². The van der Waals surface area contributed by atoms with Crippen LogP contribution in [0.5, 0.6) is 0 Å². The van der Waals surface area contributed by atoms with Gasteiger partial charge in [-0.2, -0.15) is 13.2 Å². The van der Waals surface area contributed by atoms with Crippen LogP contribution in [0, 0.1) is 0 Å². The molecule has 0 fully saturated rings. The quantitative estimate of drug-likeness (QED) is 0.341. The molecule has 0 bridgehead atoms. The summed E-state index contributed by atoms with van der Waals surface area (Å²) in [5, 5.41) is 9.28. The Balaban J connectivity index is 0. The van der Waals surface area contributed by atoms with Gasteiger partial charge < -0.3 is 5.11 Å². The molecule has 0 heterocycles. The number of hydrogen-bond acceptors (Lipinski definition) is 1. The molecule has 0 aliphatic carbocycles. The van der Waals surface area contributed by atoms with Gasteiger partial charge in [-0.1, -0.05) is 0 Å². The third-order valence-electron chi connectivity index (χ3n) is 0.667. The van der Waals surface area contributed by atoms with E-state index < -0.39 is 18.5 Å². The first-order valence-electron chi connectivity index (χ1n) is 1.94. The van der Waals surface area contributed by atoms with E-state index in [4.69, 9.17) is 0 Å². The van der Waals surface area contributed by atoms with Crippen molar-refractivity contribution in [3.05, 3.63) is 0 Å². The molecule has 11 heavy (non-hydrogen) atoms. The second-order valence-corrected chi connectivity index (χ2v) is 1.44. The average Bonchev–Trinajstić information content (AvgIpc) is 1.62. The fraction of sp³-hybridized carbons (Fsp3) is 1.00. The van der Waals surface area contributed by atoms with Crippen LogP contribution in [0.15, 0.2) is 0 Å². The molecule has 0 aromatic heterocycles. The Morgan fingerprint density at radius 2 is 1.27 bits per heavy atom. The maximum Gasteiger partial charge on any atom is 1.00 e. The Hall–Kier alpha value is 0.540. The minimum absolute atomic E-state index is 0. The van der Waals surface area contributed by atoms with Gasteiger partial charge in [-0.3, -0.25) is 0 Å². The topological polar surface area (TPSA) is 23.1 Å². The first-order valence-corrected chi connectivity index (χ1v) is 1.94. The molecule has 8 heteroatoms. The van der Waals surface area contributed by atoms with Gasteiger partial charge in [-0.05, 0) is 0 Å². The van der Waals surface area contributed by atoms with Crippen molar-refractivity contribution in [3.63, 3.8) is 0 Å². The van der Waals surface area contributed by atoms with Crippen LogP contribution < -0.4 is 34.7 Å². The zero-order valence-electron chi connectivity index (χ0n) is 5.25. The molecule has 1 atom stereocenters. The normalized spacial score (nSPS) is 17.5. The second-order valence-electron chi connectivity index (χ2n) is 1.44. The van der Waals surface area contributed by atoms with Crippen LogP contribution in [0.25, 0.3) is 0 Å². The van der Waals surface area contributed by atoms with Gasteiger partial charge in [0.2, 0.25) is 0 Å². The summed E-state index contributed by atoms with van der Waals surface area (Å²) in [5.74, 6) is -5.65. The van der Waals surface area contributed by atoms with E-state index in [1.54, 1.807) is 0 Å². The van der Waals surface area contributed by atoms with Crippen LogP contribution in [-0.2, 0) is 0 Å². The Bertz CT molecular complexity index is 119. The molecular formula is C3HF6NaO. The second kappa shape index (κ2) is 3.97. The minimum Gasteiger partial charge on any atom is -0.813 e. The van der Waals surface area contributed by atoms with Gasteiger partial charge in [0.05, 0.1) is 0 Å². The molecule has 0 aromatic rings. The first-order chi connectivity index (χ1) is 4.19. The molecule has 0 N–H and O–H groups in total. The Morgan fingerprint density at radius 3 is 1.27 bits per heavy atom. The molecule has 62 valence electrons. The summed E-state index contributed by atoms with van der Waals surface area (Å²) in [5.41, 5.74) is 0. The molecule has 0 amide bonds. The van der Waals surface area contributed by atoms with Crippen molar-refractivity contribution in [1.29, 1.82) is 0 Å². The molecule has 0 aliphatic heterocycles. The van der Waals surface area contributed by atoms with Gasteiger partial charge in [0.25, 0.3) is 6.43 Å². The smallest absolute Gasteiger partial charge is 0.813 e. The maximum atomic E-state index is 11.3. The van der Waals surface area contributed by atoms with Gasteiger partial charge in [0.1, 0.15) is 0 Å². The van der Waals surface area contributed by atoms with E-state index >= 15 is 0 Å². The molecule has 0 saturated carbocycles. The fourth-order valence-corrected chi connectivity index (χ4v) is 0.124. The molecule has 0 rings (SSSR count). The van der Waals surface area contributed by atoms with Crippen LogP contribution in [0.3, 0.4) is 0 Å². The van der Waals surface area contributed by atoms with E-state index in [1.165, 1.54) is 0 Å². The van der Waals surface area contributed by atoms with Crippen LogP contribution in [0.4, 0.5) is 26.3 Å². The van der Waals surface area contributed by atoms with Gasteiger partial charge >= 0.3 is 35.7 Å². The molecule has 0 aliphatic rings. The monoisotopic (exact) mass is 190 g/mol. The van der Waals surface area contributed by atoms with E-state index in [-0.39, 0.29) is 29.6 Å². The maximum absolute atomic E-state index is 11.3. The molecule has 0 spiro atoms. The number of rotatable bonds is 1. The number of hydrogen-bond donors (Lipinski definition) is 0. The fourth-order valence-electron chi connectivity index (χ4n) is 0.124. The zero-order valence-corrected chi connectivity index (χ0v) is 7.25. The Kier molecular flexibility index (Phi) is 5.09. The Morgan fingerprint density at radius 1 is 1.00 bits per heavy atom. The molecule has 1 nitrogen and oxygen atoms in total. The summed E-state index contributed by atoms with van der Waals surface area (Å²) in [6.45, 7) is 0. The van der Waals surface area contributed by atoms with Gasteiger partial charge in [0, 0.05) is 0 Å². The first kappa shape index (κ1) is 14.1. The minimum atomic E-state index is -6.05.